The number of carbonyl (C=O) groups is 2. The summed E-state index contributed by atoms with van der Waals surface area (Å²) in [5, 5.41) is 2.66. The number of hydrogen-bond donors (Lipinski definition) is 1. The Morgan fingerprint density at radius 1 is 1.00 bits per heavy atom. The summed E-state index contributed by atoms with van der Waals surface area (Å²) in [5.74, 6) is 0.172. The lowest BCUT2D eigenvalue weighted by molar-refractivity contribution is -0.155. The lowest BCUT2D eigenvalue weighted by atomic mass is 10.3. The number of nitrogens with one attached hydrogen (secondary N) is 1. The van der Waals surface area contributed by atoms with E-state index in [9.17, 15) is 9.59 Å². The van der Waals surface area contributed by atoms with Gasteiger partial charge in [-0.3, -0.25) is 4.79 Å². The number of hydrogen-bond acceptors (Lipinski definition) is 5. The van der Waals surface area contributed by atoms with E-state index in [1.165, 1.54) is 6.92 Å². The Hall–Kier alpha value is -3.02. The van der Waals surface area contributed by atoms with Crippen molar-refractivity contribution < 1.29 is 23.8 Å². The van der Waals surface area contributed by atoms with E-state index >= 15 is 0 Å². The Bertz CT molecular complexity index is 670. The predicted octanol–water partition coefficient (Wildman–Crippen LogP) is 2.64. The number of esters is 1. The standard InChI is InChI=1S/C18H19NO5/c1-13(18(21)19-14-6-4-3-5-7-14)24-17(20)12-23-16-10-8-15(22-2)9-11-16/h3-11,13H,12H2,1-2H3,(H,19,21)/t13-/m1/s1. The first kappa shape index (κ1) is 17.3. The fourth-order valence-corrected chi connectivity index (χ4v) is 1.86. The Labute approximate surface area is 140 Å². The van der Waals surface area contributed by atoms with Crippen LogP contribution in [0.15, 0.2) is 54.6 Å². The Kier molecular flexibility index (Phi) is 6.19. The molecule has 0 saturated carbocycles. The quantitative estimate of drug-likeness (QED) is 0.791. The minimum absolute atomic E-state index is 0.282. The van der Waals surface area contributed by atoms with Gasteiger partial charge in [-0.05, 0) is 43.3 Å². The first-order valence-electron chi connectivity index (χ1n) is 7.40. The first-order chi connectivity index (χ1) is 11.6. The molecule has 126 valence electrons. The summed E-state index contributed by atoms with van der Waals surface area (Å²) < 4.78 is 15.4. The molecule has 0 aromatic heterocycles. The zero-order valence-corrected chi connectivity index (χ0v) is 13.5. The van der Waals surface area contributed by atoms with Gasteiger partial charge in [-0.15, -0.1) is 0 Å². The summed E-state index contributed by atoms with van der Waals surface area (Å²) in [5.41, 5.74) is 0.639. The predicted molar refractivity (Wildman–Crippen MR) is 89.1 cm³/mol. The van der Waals surface area contributed by atoms with Crippen molar-refractivity contribution in [3.05, 3.63) is 54.6 Å². The fourth-order valence-electron chi connectivity index (χ4n) is 1.86. The number of benzene rings is 2. The van der Waals surface area contributed by atoms with Crippen LogP contribution in [0.4, 0.5) is 5.69 Å². The molecule has 6 nitrogen and oxygen atoms in total. The Balaban J connectivity index is 1.77. The Morgan fingerprint density at radius 2 is 1.62 bits per heavy atom. The van der Waals surface area contributed by atoms with Gasteiger partial charge < -0.3 is 19.5 Å². The van der Waals surface area contributed by atoms with Crippen molar-refractivity contribution in [3.63, 3.8) is 0 Å². The van der Waals surface area contributed by atoms with E-state index in [1.54, 1.807) is 55.6 Å². The van der Waals surface area contributed by atoms with E-state index in [4.69, 9.17) is 14.2 Å². The van der Waals surface area contributed by atoms with Gasteiger partial charge in [0.25, 0.3) is 5.91 Å². The fraction of sp³-hybridized carbons (Fsp3) is 0.222. The summed E-state index contributed by atoms with van der Waals surface area (Å²) in [6.07, 6.45) is -0.919. The smallest absolute Gasteiger partial charge is 0.344 e. The number of amides is 1. The second kappa shape index (κ2) is 8.57. The van der Waals surface area contributed by atoms with Gasteiger partial charge >= 0.3 is 5.97 Å². The molecular formula is C18H19NO5. The van der Waals surface area contributed by atoms with Crippen LogP contribution in [0.25, 0.3) is 0 Å². The normalized spacial score (nSPS) is 11.2. The molecular weight excluding hydrogens is 310 g/mol. The van der Waals surface area contributed by atoms with Gasteiger partial charge in [0.15, 0.2) is 12.7 Å². The maximum atomic E-state index is 11.9. The van der Waals surface area contributed by atoms with Crippen molar-refractivity contribution in [1.82, 2.24) is 0 Å². The molecule has 0 saturated heterocycles. The van der Waals surface area contributed by atoms with Gasteiger partial charge in [0, 0.05) is 5.69 Å². The molecule has 0 fully saturated rings. The molecule has 2 rings (SSSR count). The highest BCUT2D eigenvalue weighted by molar-refractivity contribution is 5.95. The van der Waals surface area contributed by atoms with E-state index in [-0.39, 0.29) is 6.61 Å². The molecule has 6 heteroatoms. The topological polar surface area (TPSA) is 73.9 Å². The molecule has 2 aromatic rings. The van der Waals surface area contributed by atoms with Crippen LogP contribution in [-0.2, 0) is 14.3 Å². The zero-order valence-electron chi connectivity index (χ0n) is 13.5. The highest BCUT2D eigenvalue weighted by Crippen LogP contribution is 2.17. The minimum atomic E-state index is -0.919. The van der Waals surface area contributed by atoms with E-state index in [0.29, 0.717) is 17.2 Å². The molecule has 0 aliphatic rings. The van der Waals surface area contributed by atoms with Crippen LogP contribution < -0.4 is 14.8 Å². The molecule has 1 N–H and O–H groups in total. The van der Waals surface area contributed by atoms with Crippen LogP contribution in [0.1, 0.15) is 6.92 Å². The molecule has 1 amide bonds. The summed E-state index contributed by atoms with van der Waals surface area (Å²) in [7, 11) is 1.56. The molecule has 0 spiro atoms. The number of para-hydroxylation sites is 1. The number of ether oxygens (including phenoxy) is 3. The van der Waals surface area contributed by atoms with Crippen LogP contribution in [0.3, 0.4) is 0 Å². The second-order valence-electron chi connectivity index (χ2n) is 4.95. The minimum Gasteiger partial charge on any atom is -0.497 e. The van der Waals surface area contributed by atoms with Crippen molar-refractivity contribution in [2.24, 2.45) is 0 Å². The largest absolute Gasteiger partial charge is 0.497 e. The third kappa shape index (κ3) is 5.31. The average Bonchev–Trinajstić information content (AvgIpc) is 2.61. The van der Waals surface area contributed by atoms with Crippen LogP contribution >= 0.6 is 0 Å². The molecule has 1 atom stereocenters. The summed E-state index contributed by atoms with van der Waals surface area (Å²) in [6, 6.07) is 15.7. The third-order valence-electron chi connectivity index (χ3n) is 3.13. The highest BCUT2D eigenvalue weighted by Gasteiger charge is 2.18. The monoisotopic (exact) mass is 329 g/mol. The Morgan fingerprint density at radius 3 is 2.25 bits per heavy atom. The summed E-state index contributed by atoms with van der Waals surface area (Å²) in [4.78, 5) is 23.7. The van der Waals surface area contributed by atoms with E-state index in [2.05, 4.69) is 5.32 Å². The van der Waals surface area contributed by atoms with Crippen molar-refractivity contribution >= 4 is 17.6 Å². The second-order valence-corrected chi connectivity index (χ2v) is 4.95. The summed E-state index contributed by atoms with van der Waals surface area (Å²) >= 11 is 0. The summed E-state index contributed by atoms with van der Waals surface area (Å²) in [6.45, 7) is 1.22. The SMILES string of the molecule is COc1ccc(OCC(=O)O[C@H](C)C(=O)Nc2ccccc2)cc1. The van der Waals surface area contributed by atoms with Gasteiger partial charge in [-0.2, -0.15) is 0 Å². The van der Waals surface area contributed by atoms with E-state index < -0.39 is 18.0 Å². The number of methoxy groups -OCH3 is 1. The maximum Gasteiger partial charge on any atom is 0.344 e. The number of rotatable bonds is 7. The maximum absolute atomic E-state index is 11.9. The lowest BCUT2D eigenvalue weighted by Crippen LogP contribution is -2.31. The lowest BCUT2D eigenvalue weighted by Gasteiger charge is -2.14. The number of anilines is 1. The molecule has 0 heterocycles. The molecule has 0 aliphatic heterocycles. The van der Waals surface area contributed by atoms with E-state index in [1.807, 2.05) is 6.07 Å². The van der Waals surface area contributed by atoms with Crippen LogP contribution in [0.2, 0.25) is 0 Å². The number of carbonyl (C=O) groups excluding carboxylic acids is 2. The zero-order chi connectivity index (χ0) is 17.4. The van der Waals surface area contributed by atoms with Gasteiger partial charge in [0.05, 0.1) is 7.11 Å². The molecule has 0 aliphatic carbocycles. The molecule has 0 unspecified atom stereocenters. The molecule has 2 aromatic carbocycles. The van der Waals surface area contributed by atoms with Gasteiger partial charge in [-0.25, -0.2) is 4.79 Å². The van der Waals surface area contributed by atoms with Crippen molar-refractivity contribution in [1.29, 1.82) is 0 Å². The van der Waals surface area contributed by atoms with Gasteiger partial charge in [0.2, 0.25) is 0 Å². The van der Waals surface area contributed by atoms with Gasteiger partial charge in [0.1, 0.15) is 11.5 Å². The highest BCUT2D eigenvalue weighted by atomic mass is 16.6. The van der Waals surface area contributed by atoms with Crippen LogP contribution in [0, 0.1) is 0 Å². The molecule has 24 heavy (non-hydrogen) atoms. The van der Waals surface area contributed by atoms with Crippen LogP contribution in [0.5, 0.6) is 11.5 Å². The molecule has 0 radical (unpaired) electrons. The van der Waals surface area contributed by atoms with Crippen LogP contribution in [-0.4, -0.2) is 31.7 Å². The molecule has 0 bridgehead atoms. The third-order valence-corrected chi connectivity index (χ3v) is 3.13. The van der Waals surface area contributed by atoms with Crippen molar-refractivity contribution in [2.75, 3.05) is 19.0 Å². The van der Waals surface area contributed by atoms with Crippen molar-refractivity contribution in [2.45, 2.75) is 13.0 Å². The first-order valence-corrected chi connectivity index (χ1v) is 7.40. The average molecular weight is 329 g/mol. The van der Waals surface area contributed by atoms with Crippen molar-refractivity contribution in [3.8, 4) is 11.5 Å². The van der Waals surface area contributed by atoms with Gasteiger partial charge in [-0.1, -0.05) is 18.2 Å². The van der Waals surface area contributed by atoms with E-state index in [0.717, 1.165) is 0 Å².